The lowest BCUT2D eigenvalue weighted by atomic mass is 10.2. The molecule has 0 aliphatic carbocycles. The summed E-state index contributed by atoms with van der Waals surface area (Å²) >= 11 is 0. The standard InChI is InChI=1S/C19H22N2O3/c22-19(20-13-15-6-2-1-3-7-15)21-16-8-4-9-17(12-16)24-14-18-10-5-11-23-18/h1-4,6-9,12,18H,5,10-11,13-14H2,(H2,20,21,22)/t18-/m0/s1. The largest absolute Gasteiger partial charge is 0.491 e. The third kappa shape index (κ3) is 4.99. The van der Waals surface area contributed by atoms with Gasteiger partial charge in [0.25, 0.3) is 0 Å². The number of benzene rings is 2. The first-order chi connectivity index (χ1) is 11.8. The fourth-order valence-corrected chi connectivity index (χ4v) is 2.58. The number of anilines is 1. The average molecular weight is 326 g/mol. The van der Waals surface area contributed by atoms with E-state index in [1.165, 1.54) is 0 Å². The van der Waals surface area contributed by atoms with Gasteiger partial charge in [0, 0.05) is 24.9 Å². The third-order valence-electron chi connectivity index (χ3n) is 3.85. The van der Waals surface area contributed by atoms with Gasteiger partial charge in [0.2, 0.25) is 0 Å². The number of nitrogens with one attached hydrogen (secondary N) is 2. The molecule has 2 amide bonds. The summed E-state index contributed by atoms with van der Waals surface area (Å²) in [5.41, 5.74) is 1.76. The minimum absolute atomic E-state index is 0.177. The lowest BCUT2D eigenvalue weighted by Crippen LogP contribution is -2.28. The fourth-order valence-electron chi connectivity index (χ4n) is 2.58. The van der Waals surface area contributed by atoms with Gasteiger partial charge in [-0.1, -0.05) is 36.4 Å². The van der Waals surface area contributed by atoms with Gasteiger partial charge in [0.1, 0.15) is 12.4 Å². The van der Waals surface area contributed by atoms with Crippen molar-refractivity contribution in [1.29, 1.82) is 0 Å². The van der Waals surface area contributed by atoms with Crippen LogP contribution in [0.1, 0.15) is 18.4 Å². The lowest BCUT2D eigenvalue weighted by Gasteiger charge is -2.13. The number of ether oxygens (including phenoxy) is 2. The maximum atomic E-state index is 12.0. The Morgan fingerprint density at radius 2 is 2.04 bits per heavy atom. The Morgan fingerprint density at radius 3 is 2.83 bits per heavy atom. The molecule has 1 atom stereocenters. The van der Waals surface area contributed by atoms with Gasteiger partial charge in [-0.3, -0.25) is 0 Å². The van der Waals surface area contributed by atoms with Crippen LogP contribution in [0.25, 0.3) is 0 Å². The number of carbonyl (C=O) groups excluding carboxylic acids is 1. The van der Waals surface area contributed by atoms with Crippen molar-refractivity contribution in [2.45, 2.75) is 25.5 Å². The molecule has 2 aromatic rings. The van der Waals surface area contributed by atoms with Crippen molar-refractivity contribution in [3.8, 4) is 5.75 Å². The van der Waals surface area contributed by atoms with Crippen LogP contribution >= 0.6 is 0 Å². The zero-order valence-corrected chi connectivity index (χ0v) is 13.5. The molecule has 3 rings (SSSR count). The SMILES string of the molecule is O=C(NCc1ccccc1)Nc1cccc(OC[C@@H]2CCCO2)c1. The zero-order valence-electron chi connectivity index (χ0n) is 13.5. The van der Waals surface area contributed by atoms with E-state index in [1.54, 1.807) is 0 Å². The van der Waals surface area contributed by atoms with Gasteiger partial charge in [0.05, 0.1) is 6.10 Å². The molecule has 1 heterocycles. The van der Waals surface area contributed by atoms with Gasteiger partial charge in [-0.15, -0.1) is 0 Å². The summed E-state index contributed by atoms with van der Waals surface area (Å²) in [6.07, 6.45) is 2.31. The topological polar surface area (TPSA) is 59.6 Å². The van der Waals surface area contributed by atoms with Crippen LogP contribution in [-0.4, -0.2) is 25.3 Å². The molecule has 1 aliphatic heterocycles. The summed E-state index contributed by atoms with van der Waals surface area (Å²) in [7, 11) is 0. The van der Waals surface area contributed by atoms with E-state index in [4.69, 9.17) is 9.47 Å². The number of amides is 2. The van der Waals surface area contributed by atoms with E-state index in [0.717, 1.165) is 30.8 Å². The molecule has 0 bridgehead atoms. The summed E-state index contributed by atoms with van der Waals surface area (Å²) in [5.74, 6) is 0.728. The van der Waals surface area contributed by atoms with Crippen LogP contribution in [0.3, 0.4) is 0 Å². The van der Waals surface area contributed by atoms with Crippen LogP contribution in [0.2, 0.25) is 0 Å². The molecule has 2 N–H and O–H groups in total. The third-order valence-corrected chi connectivity index (χ3v) is 3.85. The number of hydrogen-bond acceptors (Lipinski definition) is 3. The van der Waals surface area contributed by atoms with E-state index in [-0.39, 0.29) is 12.1 Å². The second kappa shape index (κ2) is 8.36. The van der Waals surface area contributed by atoms with Crippen LogP contribution in [-0.2, 0) is 11.3 Å². The molecular weight excluding hydrogens is 304 g/mol. The molecule has 24 heavy (non-hydrogen) atoms. The van der Waals surface area contributed by atoms with Crippen molar-refractivity contribution < 1.29 is 14.3 Å². The van der Waals surface area contributed by atoms with Gasteiger partial charge in [0.15, 0.2) is 0 Å². The lowest BCUT2D eigenvalue weighted by molar-refractivity contribution is 0.0680. The van der Waals surface area contributed by atoms with Crippen LogP contribution < -0.4 is 15.4 Å². The number of hydrogen-bond donors (Lipinski definition) is 2. The Labute approximate surface area is 142 Å². The first kappa shape index (κ1) is 16.3. The smallest absolute Gasteiger partial charge is 0.319 e. The maximum Gasteiger partial charge on any atom is 0.319 e. The molecule has 1 saturated heterocycles. The molecule has 0 aromatic heterocycles. The van der Waals surface area contributed by atoms with E-state index in [1.807, 2.05) is 54.6 Å². The van der Waals surface area contributed by atoms with Crippen molar-refractivity contribution >= 4 is 11.7 Å². The number of carbonyl (C=O) groups is 1. The van der Waals surface area contributed by atoms with E-state index in [2.05, 4.69) is 10.6 Å². The van der Waals surface area contributed by atoms with Crippen molar-refractivity contribution in [3.05, 3.63) is 60.2 Å². The normalized spacial score (nSPS) is 16.6. The van der Waals surface area contributed by atoms with Crippen molar-refractivity contribution in [2.24, 2.45) is 0 Å². The van der Waals surface area contributed by atoms with E-state index < -0.39 is 0 Å². The highest BCUT2D eigenvalue weighted by atomic mass is 16.5. The molecule has 1 aliphatic rings. The summed E-state index contributed by atoms with van der Waals surface area (Å²) in [6, 6.07) is 16.9. The summed E-state index contributed by atoms with van der Waals surface area (Å²) < 4.78 is 11.3. The number of rotatable bonds is 6. The minimum Gasteiger partial charge on any atom is -0.491 e. The van der Waals surface area contributed by atoms with Crippen molar-refractivity contribution in [1.82, 2.24) is 5.32 Å². The van der Waals surface area contributed by atoms with E-state index in [0.29, 0.717) is 18.8 Å². The summed E-state index contributed by atoms with van der Waals surface area (Å²) in [5, 5.41) is 5.65. The van der Waals surface area contributed by atoms with Crippen LogP contribution in [0.4, 0.5) is 10.5 Å². The van der Waals surface area contributed by atoms with Gasteiger partial charge in [-0.05, 0) is 30.5 Å². The van der Waals surface area contributed by atoms with Crippen molar-refractivity contribution in [2.75, 3.05) is 18.5 Å². The first-order valence-corrected chi connectivity index (χ1v) is 8.23. The predicted molar refractivity (Wildman–Crippen MR) is 93.2 cm³/mol. The Balaban J connectivity index is 1.47. The highest BCUT2D eigenvalue weighted by Gasteiger charge is 2.16. The van der Waals surface area contributed by atoms with Crippen LogP contribution in [0, 0.1) is 0 Å². The van der Waals surface area contributed by atoms with Gasteiger partial charge in [-0.25, -0.2) is 4.79 Å². The molecule has 0 saturated carbocycles. The Bertz CT molecular complexity index is 655. The molecule has 5 heteroatoms. The van der Waals surface area contributed by atoms with Gasteiger partial charge in [-0.2, -0.15) is 0 Å². The molecule has 126 valence electrons. The van der Waals surface area contributed by atoms with Gasteiger partial charge >= 0.3 is 6.03 Å². The second-order valence-corrected chi connectivity index (χ2v) is 5.77. The number of urea groups is 1. The first-order valence-electron chi connectivity index (χ1n) is 8.23. The monoisotopic (exact) mass is 326 g/mol. The Hall–Kier alpha value is -2.53. The molecule has 5 nitrogen and oxygen atoms in total. The van der Waals surface area contributed by atoms with Crippen LogP contribution in [0.5, 0.6) is 5.75 Å². The average Bonchev–Trinajstić information content (AvgIpc) is 3.13. The van der Waals surface area contributed by atoms with E-state index >= 15 is 0 Å². The quantitative estimate of drug-likeness (QED) is 0.853. The summed E-state index contributed by atoms with van der Waals surface area (Å²) in [4.78, 5) is 12.0. The van der Waals surface area contributed by atoms with E-state index in [9.17, 15) is 4.79 Å². The van der Waals surface area contributed by atoms with Crippen molar-refractivity contribution in [3.63, 3.8) is 0 Å². The molecule has 0 unspecified atom stereocenters. The second-order valence-electron chi connectivity index (χ2n) is 5.77. The zero-order chi connectivity index (χ0) is 16.6. The highest BCUT2D eigenvalue weighted by molar-refractivity contribution is 5.89. The molecular formula is C19H22N2O3. The predicted octanol–water partition coefficient (Wildman–Crippen LogP) is 3.57. The molecule has 2 aromatic carbocycles. The Kier molecular flexibility index (Phi) is 5.69. The molecule has 0 spiro atoms. The van der Waals surface area contributed by atoms with Crippen LogP contribution in [0.15, 0.2) is 54.6 Å². The maximum absolute atomic E-state index is 12.0. The highest BCUT2D eigenvalue weighted by Crippen LogP contribution is 2.19. The molecule has 0 radical (unpaired) electrons. The Morgan fingerprint density at radius 1 is 1.17 bits per heavy atom. The minimum atomic E-state index is -0.241. The van der Waals surface area contributed by atoms with Gasteiger partial charge < -0.3 is 20.1 Å². The molecule has 1 fully saturated rings. The summed E-state index contributed by atoms with van der Waals surface area (Å²) in [6.45, 7) is 1.85. The fraction of sp³-hybridized carbons (Fsp3) is 0.316.